The van der Waals surface area contributed by atoms with Crippen LogP contribution in [0.15, 0.2) is 36.6 Å². The summed E-state index contributed by atoms with van der Waals surface area (Å²) in [6.45, 7) is 9.66. The summed E-state index contributed by atoms with van der Waals surface area (Å²) in [7, 11) is 0. The molecule has 2 aliphatic rings. The van der Waals surface area contributed by atoms with Crippen LogP contribution in [0, 0.1) is 11.8 Å². The van der Waals surface area contributed by atoms with Crippen LogP contribution in [-0.4, -0.2) is 41.2 Å². The maximum atomic E-state index is 13.1. The maximum Gasteiger partial charge on any atom is 0.278 e. The Hall–Kier alpha value is -1.78. The summed E-state index contributed by atoms with van der Waals surface area (Å²) in [6, 6.07) is 4.99. The SMILES string of the molecule is C=CCN1C(=O)C(c2ccc(Cl)cc2Cl)=C(N2CC(C)CC(C)C2)C1=O. The molecule has 4 nitrogen and oxygen atoms in total. The lowest BCUT2D eigenvalue weighted by atomic mass is 9.91. The molecule has 0 aliphatic carbocycles. The second kappa shape index (κ2) is 7.45. The van der Waals surface area contributed by atoms with Gasteiger partial charge in [0.25, 0.3) is 11.8 Å². The molecular formula is C20H22Cl2N2O2. The zero-order valence-corrected chi connectivity index (χ0v) is 16.5. The molecular weight excluding hydrogens is 371 g/mol. The summed E-state index contributed by atoms with van der Waals surface area (Å²) in [5.74, 6) is 0.284. The van der Waals surface area contributed by atoms with Crippen LogP contribution in [0.2, 0.25) is 10.0 Å². The Bertz CT molecular complexity index is 793. The number of amides is 2. The van der Waals surface area contributed by atoms with Crippen LogP contribution in [0.25, 0.3) is 5.57 Å². The summed E-state index contributed by atoms with van der Waals surface area (Å²) in [5.41, 5.74) is 1.35. The van der Waals surface area contributed by atoms with Crippen LogP contribution in [0.1, 0.15) is 25.8 Å². The van der Waals surface area contributed by atoms with Crippen LogP contribution in [0.4, 0.5) is 0 Å². The van der Waals surface area contributed by atoms with Gasteiger partial charge in [-0.25, -0.2) is 0 Å². The third-order valence-corrected chi connectivity index (χ3v) is 5.39. The predicted octanol–water partition coefficient (Wildman–Crippen LogP) is 4.24. The van der Waals surface area contributed by atoms with Crippen LogP contribution in [-0.2, 0) is 9.59 Å². The number of hydrogen-bond acceptors (Lipinski definition) is 3. The summed E-state index contributed by atoms with van der Waals surface area (Å²) in [5, 5.41) is 0.852. The van der Waals surface area contributed by atoms with E-state index in [9.17, 15) is 9.59 Å². The number of carbonyl (C=O) groups excluding carboxylic acids is 2. The minimum atomic E-state index is -0.333. The van der Waals surface area contributed by atoms with E-state index < -0.39 is 0 Å². The fraction of sp³-hybridized carbons (Fsp3) is 0.400. The Morgan fingerprint density at radius 3 is 2.38 bits per heavy atom. The quantitative estimate of drug-likeness (QED) is 0.568. The molecule has 2 aliphatic heterocycles. The molecule has 2 heterocycles. The van der Waals surface area contributed by atoms with Crippen molar-refractivity contribution >= 4 is 40.6 Å². The molecule has 3 rings (SSSR count). The van der Waals surface area contributed by atoms with E-state index in [0.717, 1.165) is 19.5 Å². The number of imide groups is 1. The van der Waals surface area contributed by atoms with Crippen molar-refractivity contribution in [2.24, 2.45) is 11.8 Å². The monoisotopic (exact) mass is 392 g/mol. The normalized spacial score (nSPS) is 23.8. The van der Waals surface area contributed by atoms with Crippen molar-refractivity contribution < 1.29 is 9.59 Å². The highest BCUT2D eigenvalue weighted by molar-refractivity contribution is 6.41. The third-order valence-electron chi connectivity index (χ3n) is 4.84. The molecule has 0 radical (unpaired) electrons. The second-order valence-electron chi connectivity index (χ2n) is 7.21. The van der Waals surface area contributed by atoms with E-state index in [1.54, 1.807) is 24.3 Å². The van der Waals surface area contributed by atoms with Gasteiger partial charge in [0.1, 0.15) is 5.70 Å². The number of hydrogen-bond donors (Lipinski definition) is 0. The van der Waals surface area contributed by atoms with E-state index in [1.807, 2.05) is 4.90 Å². The number of likely N-dealkylation sites (tertiary alicyclic amines) is 1. The average Bonchev–Trinajstić information content (AvgIpc) is 2.79. The molecule has 1 saturated heterocycles. The number of carbonyl (C=O) groups is 2. The van der Waals surface area contributed by atoms with E-state index in [4.69, 9.17) is 23.2 Å². The van der Waals surface area contributed by atoms with Crippen LogP contribution in [0.3, 0.4) is 0 Å². The summed E-state index contributed by atoms with van der Waals surface area (Å²) in [4.78, 5) is 29.4. The third kappa shape index (κ3) is 3.40. The number of halogens is 2. The molecule has 2 atom stereocenters. The van der Waals surface area contributed by atoms with Gasteiger partial charge < -0.3 is 4.90 Å². The Kier molecular flexibility index (Phi) is 5.44. The highest BCUT2D eigenvalue weighted by Gasteiger charge is 2.42. The molecule has 138 valence electrons. The predicted molar refractivity (Wildman–Crippen MR) is 105 cm³/mol. The second-order valence-corrected chi connectivity index (χ2v) is 8.05. The molecule has 2 amide bonds. The van der Waals surface area contributed by atoms with Crippen molar-refractivity contribution in [2.75, 3.05) is 19.6 Å². The zero-order valence-electron chi connectivity index (χ0n) is 15.0. The lowest BCUT2D eigenvalue weighted by Gasteiger charge is -2.37. The molecule has 0 saturated carbocycles. The van der Waals surface area contributed by atoms with Crippen LogP contribution < -0.4 is 0 Å². The smallest absolute Gasteiger partial charge is 0.278 e. The molecule has 2 unspecified atom stereocenters. The maximum absolute atomic E-state index is 13.1. The molecule has 1 aromatic carbocycles. The van der Waals surface area contributed by atoms with E-state index in [0.29, 0.717) is 38.7 Å². The average molecular weight is 393 g/mol. The van der Waals surface area contributed by atoms with Gasteiger partial charge in [-0.1, -0.05) is 49.2 Å². The highest BCUT2D eigenvalue weighted by Crippen LogP contribution is 2.38. The van der Waals surface area contributed by atoms with E-state index in [1.165, 1.54) is 4.90 Å². The first-order valence-corrected chi connectivity index (χ1v) is 9.50. The Balaban J connectivity index is 2.14. The van der Waals surface area contributed by atoms with Gasteiger partial charge in [-0.3, -0.25) is 14.5 Å². The molecule has 1 fully saturated rings. The summed E-state index contributed by atoms with van der Waals surface area (Å²) in [6.07, 6.45) is 2.67. The number of nitrogens with zero attached hydrogens (tertiary/aromatic N) is 2. The van der Waals surface area contributed by atoms with E-state index >= 15 is 0 Å². The Morgan fingerprint density at radius 1 is 1.15 bits per heavy atom. The van der Waals surface area contributed by atoms with Gasteiger partial charge in [0.15, 0.2) is 0 Å². The molecule has 0 spiro atoms. The lowest BCUT2D eigenvalue weighted by molar-refractivity contribution is -0.137. The topological polar surface area (TPSA) is 40.6 Å². The van der Waals surface area contributed by atoms with Gasteiger partial charge in [0, 0.05) is 30.2 Å². The summed E-state index contributed by atoms with van der Waals surface area (Å²) < 4.78 is 0. The van der Waals surface area contributed by atoms with Crippen molar-refractivity contribution in [1.29, 1.82) is 0 Å². The molecule has 1 aromatic rings. The number of benzene rings is 1. The molecule has 26 heavy (non-hydrogen) atoms. The van der Waals surface area contributed by atoms with Crippen LogP contribution >= 0.6 is 23.2 Å². The van der Waals surface area contributed by atoms with Gasteiger partial charge in [-0.05, 0) is 30.4 Å². The number of rotatable bonds is 4. The standard InChI is InChI=1S/C20H22Cl2N2O2/c1-4-7-24-19(25)17(15-6-5-14(21)9-16(15)22)18(20(24)26)23-10-12(2)8-13(3)11-23/h4-6,9,12-13H,1,7-8,10-11H2,2-3H3. The van der Waals surface area contributed by atoms with Crippen LogP contribution in [0.5, 0.6) is 0 Å². The van der Waals surface area contributed by atoms with Crippen molar-refractivity contribution in [2.45, 2.75) is 20.3 Å². The van der Waals surface area contributed by atoms with Gasteiger partial charge in [-0.2, -0.15) is 0 Å². The first-order valence-electron chi connectivity index (χ1n) is 8.75. The van der Waals surface area contributed by atoms with Crippen molar-refractivity contribution in [3.8, 4) is 0 Å². The first-order chi connectivity index (χ1) is 12.3. The highest BCUT2D eigenvalue weighted by atomic mass is 35.5. The minimum Gasteiger partial charge on any atom is -0.366 e. The van der Waals surface area contributed by atoms with E-state index in [2.05, 4.69) is 20.4 Å². The van der Waals surface area contributed by atoms with Gasteiger partial charge >= 0.3 is 0 Å². The fourth-order valence-electron chi connectivity index (χ4n) is 3.93. The van der Waals surface area contributed by atoms with Crippen molar-refractivity contribution in [3.63, 3.8) is 0 Å². The van der Waals surface area contributed by atoms with E-state index in [-0.39, 0.29) is 18.4 Å². The molecule has 0 bridgehead atoms. The largest absolute Gasteiger partial charge is 0.366 e. The van der Waals surface area contributed by atoms with Crippen molar-refractivity contribution in [1.82, 2.24) is 9.80 Å². The first kappa shape index (κ1) is 19.0. The molecule has 0 N–H and O–H groups in total. The Labute approximate surface area is 164 Å². The van der Waals surface area contributed by atoms with Gasteiger partial charge in [0.2, 0.25) is 0 Å². The molecule has 0 aromatic heterocycles. The Morgan fingerprint density at radius 2 is 1.81 bits per heavy atom. The minimum absolute atomic E-state index is 0.175. The molecule has 6 heteroatoms. The number of piperidine rings is 1. The van der Waals surface area contributed by atoms with Crippen molar-refractivity contribution in [3.05, 3.63) is 52.2 Å². The van der Waals surface area contributed by atoms with Gasteiger partial charge in [-0.15, -0.1) is 6.58 Å². The summed E-state index contributed by atoms with van der Waals surface area (Å²) >= 11 is 12.4. The zero-order chi connectivity index (χ0) is 19.0. The lowest BCUT2D eigenvalue weighted by Crippen LogP contribution is -2.41. The fourth-order valence-corrected chi connectivity index (χ4v) is 4.44. The van der Waals surface area contributed by atoms with Gasteiger partial charge in [0.05, 0.1) is 10.6 Å².